The molecule has 2 unspecified atom stereocenters. The second kappa shape index (κ2) is 7.34. The van der Waals surface area contributed by atoms with Crippen LogP contribution in [0.1, 0.15) is 62.7 Å². The average Bonchev–Trinajstić information content (AvgIpc) is 3.17. The Kier molecular flexibility index (Phi) is 5.52. The van der Waals surface area contributed by atoms with Crippen molar-refractivity contribution in [2.75, 3.05) is 6.61 Å². The summed E-state index contributed by atoms with van der Waals surface area (Å²) in [6.45, 7) is 2.41. The van der Waals surface area contributed by atoms with Gasteiger partial charge in [-0.1, -0.05) is 43.0 Å². The Hall–Kier alpha value is -0.970. The van der Waals surface area contributed by atoms with Gasteiger partial charge in [-0.3, -0.25) is 4.79 Å². The lowest BCUT2D eigenvalue weighted by atomic mass is 9.72. The van der Waals surface area contributed by atoms with Crippen molar-refractivity contribution >= 4 is 29.2 Å². The Morgan fingerprint density at radius 1 is 1.32 bits per heavy atom. The lowest BCUT2D eigenvalue weighted by Crippen LogP contribution is -2.30. The summed E-state index contributed by atoms with van der Waals surface area (Å²) >= 11 is 12.8. The largest absolute Gasteiger partial charge is 0.492 e. The number of hydrogen-bond donors (Lipinski definition) is 2. The van der Waals surface area contributed by atoms with Crippen LogP contribution in [0.15, 0.2) is 6.07 Å². The van der Waals surface area contributed by atoms with Crippen molar-refractivity contribution in [3.05, 3.63) is 27.2 Å². The van der Waals surface area contributed by atoms with E-state index in [4.69, 9.17) is 33.0 Å². The molecule has 0 aromatic heterocycles. The number of ether oxygens (including phenoxy) is 1. The van der Waals surface area contributed by atoms with Crippen LogP contribution < -0.4 is 4.74 Å². The minimum atomic E-state index is -0.850. The van der Waals surface area contributed by atoms with Gasteiger partial charge in [0.05, 0.1) is 17.7 Å². The molecule has 1 saturated carbocycles. The number of hydrogen-bond acceptors (Lipinski definition) is 3. The molecule has 6 heteroatoms. The second-order valence-electron chi connectivity index (χ2n) is 7.49. The van der Waals surface area contributed by atoms with Crippen molar-refractivity contribution in [1.29, 1.82) is 0 Å². The Bertz CT molecular complexity index is 670. The molecule has 0 radical (unpaired) electrons. The van der Waals surface area contributed by atoms with Gasteiger partial charge in [-0.25, -0.2) is 0 Å². The average molecular weight is 387 g/mol. The Morgan fingerprint density at radius 2 is 2.00 bits per heavy atom. The summed E-state index contributed by atoms with van der Waals surface area (Å²) in [5.41, 5.74) is 1.51. The van der Waals surface area contributed by atoms with Crippen LogP contribution in [-0.4, -0.2) is 22.8 Å². The summed E-state index contributed by atoms with van der Waals surface area (Å²) in [5, 5.41) is 20.3. The van der Waals surface area contributed by atoms with Crippen LogP contribution in [0.5, 0.6) is 5.75 Å². The highest BCUT2D eigenvalue weighted by molar-refractivity contribution is 6.43. The first-order chi connectivity index (χ1) is 11.8. The van der Waals surface area contributed by atoms with Crippen LogP contribution in [0, 0.1) is 11.3 Å². The Morgan fingerprint density at radius 3 is 2.64 bits per heavy atom. The number of carbonyl (C=O) groups is 1. The molecule has 0 amide bonds. The third kappa shape index (κ3) is 3.49. The number of aliphatic hydroxyl groups is 1. The maximum Gasteiger partial charge on any atom is 0.303 e. The molecule has 1 aromatic rings. The van der Waals surface area contributed by atoms with Crippen molar-refractivity contribution < 1.29 is 19.7 Å². The van der Waals surface area contributed by atoms with Gasteiger partial charge in [-0.2, -0.15) is 0 Å². The van der Waals surface area contributed by atoms with E-state index in [-0.39, 0.29) is 18.4 Å². The van der Waals surface area contributed by atoms with Gasteiger partial charge in [-0.05, 0) is 43.2 Å². The number of carboxylic acid groups (broad SMARTS) is 1. The van der Waals surface area contributed by atoms with Gasteiger partial charge < -0.3 is 14.9 Å². The monoisotopic (exact) mass is 386 g/mol. The predicted molar refractivity (Wildman–Crippen MR) is 97.6 cm³/mol. The topological polar surface area (TPSA) is 66.8 Å². The van der Waals surface area contributed by atoms with Crippen LogP contribution in [0.25, 0.3) is 0 Å². The maximum absolute atomic E-state index is 11.0. The normalized spacial score (nSPS) is 26.0. The van der Waals surface area contributed by atoms with Crippen LogP contribution >= 0.6 is 23.2 Å². The molecule has 1 fully saturated rings. The summed E-state index contributed by atoms with van der Waals surface area (Å²) in [6, 6.07) is 1.87. The zero-order chi connectivity index (χ0) is 18.2. The number of halogens is 2. The smallest absolute Gasteiger partial charge is 0.303 e. The van der Waals surface area contributed by atoms with Crippen molar-refractivity contribution in [2.45, 2.75) is 58.0 Å². The zero-order valence-corrected chi connectivity index (χ0v) is 15.9. The summed E-state index contributed by atoms with van der Waals surface area (Å²) in [7, 11) is 0. The van der Waals surface area contributed by atoms with Crippen molar-refractivity contribution in [3.63, 3.8) is 0 Å². The molecular weight excluding hydrogens is 363 g/mol. The van der Waals surface area contributed by atoms with Gasteiger partial charge >= 0.3 is 5.97 Å². The molecule has 138 valence electrons. The molecule has 2 aliphatic carbocycles. The molecule has 0 spiro atoms. The van der Waals surface area contributed by atoms with Crippen molar-refractivity contribution in [2.24, 2.45) is 11.3 Å². The minimum absolute atomic E-state index is 0.0504. The standard InChI is InChI=1S/C19H24Cl2O4/c1-19(12-5-2-3-6-12)10-11-9-13(25-8-4-7-14(22)23)16(20)17(21)15(11)18(19)24/h9,12,18,24H,2-8,10H2,1H3,(H,22,23). The maximum atomic E-state index is 11.0. The number of rotatable bonds is 6. The molecule has 1 aromatic carbocycles. The van der Waals surface area contributed by atoms with Crippen LogP contribution in [-0.2, 0) is 11.2 Å². The lowest BCUT2D eigenvalue weighted by Gasteiger charge is -2.35. The Balaban J connectivity index is 1.82. The highest BCUT2D eigenvalue weighted by atomic mass is 35.5. The SMILES string of the molecule is CC1(C2CCCC2)Cc2cc(OCCCC(=O)O)c(Cl)c(Cl)c2C1O. The molecule has 3 rings (SSSR count). The van der Waals surface area contributed by atoms with Gasteiger partial charge in [-0.15, -0.1) is 0 Å². The number of fused-ring (bicyclic) bond motifs is 1. The fraction of sp³-hybridized carbons (Fsp3) is 0.632. The van der Waals surface area contributed by atoms with E-state index in [9.17, 15) is 9.90 Å². The first-order valence-electron chi connectivity index (χ1n) is 8.88. The summed E-state index contributed by atoms with van der Waals surface area (Å²) in [6.07, 6.45) is 5.33. The molecule has 2 N–H and O–H groups in total. The first kappa shape index (κ1) is 18.8. The molecule has 25 heavy (non-hydrogen) atoms. The molecule has 0 heterocycles. The number of aliphatic carboxylic acids is 1. The van der Waals surface area contributed by atoms with Gasteiger partial charge in [0, 0.05) is 17.4 Å². The minimum Gasteiger partial charge on any atom is -0.492 e. The second-order valence-corrected chi connectivity index (χ2v) is 8.24. The van der Waals surface area contributed by atoms with E-state index in [1.807, 2.05) is 6.07 Å². The summed E-state index contributed by atoms with van der Waals surface area (Å²) < 4.78 is 5.66. The fourth-order valence-corrected chi connectivity index (χ4v) is 4.94. The van der Waals surface area contributed by atoms with E-state index in [1.54, 1.807) is 0 Å². The first-order valence-corrected chi connectivity index (χ1v) is 9.63. The summed E-state index contributed by atoms with van der Waals surface area (Å²) in [4.78, 5) is 10.6. The highest BCUT2D eigenvalue weighted by Crippen LogP contribution is 2.57. The molecular formula is C19H24Cl2O4. The number of carboxylic acids is 1. The van der Waals surface area contributed by atoms with Crippen molar-refractivity contribution in [3.8, 4) is 5.75 Å². The van der Waals surface area contributed by atoms with E-state index in [2.05, 4.69) is 6.92 Å². The van der Waals surface area contributed by atoms with E-state index in [1.165, 1.54) is 12.8 Å². The third-order valence-electron chi connectivity index (χ3n) is 5.85. The fourth-order valence-electron chi connectivity index (χ4n) is 4.41. The molecule has 0 bridgehead atoms. The van der Waals surface area contributed by atoms with E-state index >= 15 is 0 Å². The third-order valence-corrected chi connectivity index (χ3v) is 6.71. The van der Waals surface area contributed by atoms with Crippen LogP contribution in [0.2, 0.25) is 10.0 Å². The Labute approximate surface area is 158 Å². The van der Waals surface area contributed by atoms with E-state index in [0.717, 1.165) is 30.4 Å². The highest BCUT2D eigenvalue weighted by Gasteiger charge is 2.49. The molecule has 2 aliphatic rings. The lowest BCUT2D eigenvalue weighted by molar-refractivity contribution is -0.137. The van der Waals surface area contributed by atoms with Gasteiger partial charge in [0.1, 0.15) is 10.8 Å². The molecule has 0 aliphatic heterocycles. The van der Waals surface area contributed by atoms with E-state index < -0.39 is 12.1 Å². The number of aliphatic hydroxyl groups excluding tert-OH is 1. The van der Waals surface area contributed by atoms with Gasteiger partial charge in [0.25, 0.3) is 0 Å². The van der Waals surface area contributed by atoms with Crippen molar-refractivity contribution in [1.82, 2.24) is 0 Å². The zero-order valence-electron chi connectivity index (χ0n) is 14.4. The number of benzene rings is 1. The molecule has 2 atom stereocenters. The van der Waals surface area contributed by atoms with Gasteiger partial charge in [0.15, 0.2) is 0 Å². The van der Waals surface area contributed by atoms with Gasteiger partial charge in [0.2, 0.25) is 0 Å². The summed E-state index contributed by atoms with van der Waals surface area (Å²) in [5.74, 6) is 0.112. The molecule has 0 saturated heterocycles. The molecule has 4 nitrogen and oxygen atoms in total. The van der Waals surface area contributed by atoms with Crippen LogP contribution in [0.4, 0.5) is 0 Å². The van der Waals surface area contributed by atoms with Crippen LogP contribution in [0.3, 0.4) is 0 Å². The van der Waals surface area contributed by atoms with E-state index in [0.29, 0.717) is 28.1 Å². The predicted octanol–water partition coefficient (Wildman–Crippen LogP) is 5.02. The quantitative estimate of drug-likeness (QED) is 0.673.